The van der Waals surface area contributed by atoms with E-state index in [1.807, 2.05) is 36.4 Å². The molecule has 0 saturated heterocycles. The first-order valence-electron chi connectivity index (χ1n) is 9.70. The topological polar surface area (TPSA) is 48.4 Å². The van der Waals surface area contributed by atoms with E-state index in [0.717, 1.165) is 23.3 Å². The van der Waals surface area contributed by atoms with Gasteiger partial charge in [0.05, 0.1) is 5.41 Å². The normalized spacial score (nSPS) is 14.7. The van der Waals surface area contributed by atoms with Gasteiger partial charge in [0.2, 0.25) is 0 Å². The first-order valence-corrected chi connectivity index (χ1v) is 9.70. The van der Waals surface area contributed by atoms with Gasteiger partial charge in [0.1, 0.15) is 24.8 Å². The Morgan fingerprint density at radius 1 is 0.966 bits per heavy atom. The third kappa shape index (κ3) is 4.29. The van der Waals surface area contributed by atoms with Crippen LogP contribution in [0.25, 0.3) is 0 Å². The Morgan fingerprint density at radius 2 is 1.69 bits per heavy atom. The molecule has 1 aromatic heterocycles. The standard InChI is InChI=1S/C24H22FNO3/c25-21-4-1-3-20(15-21)24(11-2-12-24)23(27)29-17-18-5-7-22(8-6-18)28-16-19-9-13-26-14-10-19/h1,3-10,13-15H,2,11-12,16-17H2. The molecule has 4 rings (SSSR count). The van der Waals surface area contributed by atoms with Crippen molar-refractivity contribution in [3.8, 4) is 5.75 Å². The number of pyridine rings is 1. The molecule has 0 atom stereocenters. The number of carbonyl (C=O) groups is 1. The van der Waals surface area contributed by atoms with Gasteiger partial charge in [-0.3, -0.25) is 9.78 Å². The van der Waals surface area contributed by atoms with Gasteiger partial charge in [0.25, 0.3) is 0 Å². The fourth-order valence-electron chi connectivity index (χ4n) is 3.54. The number of nitrogens with zero attached hydrogens (tertiary/aromatic N) is 1. The van der Waals surface area contributed by atoms with Crippen LogP contribution in [0.3, 0.4) is 0 Å². The minimum absolute atomic E-state index is 0.181. The number of hydrogen-bond donors (Lipinski definition) is 0. The molecule has 1 aliphatic rings. The van der Waals surface area contributed by atoms with E-state index in [1.165, 1.54) is 12.1 Å². The molecule has 1 heterocycles. The predicted molar refractivity (Wildman–Crippen MR) is 107 cm³/mol. The highest BCUT2D eigenvalue weighted by Crippen LogP contribution is 2.45. The molecule has 1 saturated carbocycles. The number of esters is 1. The highest BCUT2D eigenvalue weighted by molar-refractivity contribution is 5.84. The molecule has 0 spiro atoms. The van der Waals surface area contributed by atoms with Crippen LogP contribution in [0.2, 0.25) is 0 Å². The molecule has 2 aromatic carbocycles. The maximum absolute atomic E-state index is 13.6. The highest BCUT2D eigenvalue weighted by atomic mass is 19.1. The van der Waals surface area contributed by atoms with Crippen LogP contribution in [-0.4, -0.2) is 11.0 Å². The lowest BCUT2D eigenvalue weighted by Gasteiger charge is -2.39. The second-order valence-corrected chi connectivity index (χ2v) is 7.31. The number of halogens is 1. The third-order valence-corrected chi connectivity index (χ3v) is 5.42. The van der Waals surface area contributed by atoms with Crippen molar-refractivity contribution in [2.45, 2.75) is 37.9 Å². The van der Waals surface area contributed by atoms with Gasteiger partial charge in [-0.15, -0.1) is 0 Å². The van der Waals surface area contributed by atoms with Crippen LogP contribution in [0.1, 0.15) is 36.0 Å². The summed E-state index contributed by atoms with van der Waals surface area (Å²) in [5, 5.41) is 0. The quantitative estimate of drug-likeness (QED) is 0.534. The van der Waals surface area contributed by atoms with E-state index < -0.39 is 5.41 Å². The summed E-state index contributed by atoms with van der Waals surface area (Å²) >= 11 is 0. The first kappa shape index (κ1) is 19.1. The molecular weight excluding hydrogens is 369 g/mol. The zero-order valence-corrected chi connectivity index (χ0v) is 16.0. The van der Waals surface area contributed by atoms with Crippen molar-refractivity contribution in [1.29, 1.82) is 0 Å². The minimum atomic E-state index is -0.713. The fourth-order valence-corrected chi connectivity index (χ4v) is 3.54. The summed E-state index contributed by atoms with van der Waals surface area (Å²) in [6.45, 7) is 0.646. The molecular formula is C24H22FNO3. The second kappa shape index (κ2) is 8.43. The molecule has 5 heteroatoms. The Morgan fingerprint density at radius 3 is 2.34 bits per heavy atom. The van der Waals surface area contributed by atoms with E-state index in [-0.39, 0.29) is 18.4 Å². The van der Waals surface area contributed by atoms with Crippen LogP contribution in [-0.2, 0) is 28.2 Å². The van der Waals surface area contributed by atoms with Crippen molar-refractivity contribution in [2.75, 3.05) is 0 Å². The summed E-state index contributed by atoms with van der Waals surface area (Å²) in [5.74, 6) is 0.128. The number of ether oxygens (including phenoxy) is 2. The van der Waals surface area contributed by atoms with Crippen molar-refractivity contribution in [3.05, 3.63) is 95.6 Å². The molecule has 0 amide bonds. The maximum atomic E-state index is 13.6. The summed E-state index contributed by atoms with van der Waals surface area (Å²) in [4.78, 5) is 16.8. The predicted octanol–water partition coefficient (Wildman–Crippen LogP) is 4.96. The lowest BCUT2D eigenvalue weighted by atomic mass is 9.64. The summed E-state index contributed by atoms with van der Waals surface area (Å²) in [5.41, 5.74) is 1.91. The van der Waals surface area contributed by atoms with Crippen LogP contribution >= 0.6 is 0 Å². The van der Waals surface area contributed by atoms with Gasteiger partial charge >= 0.3 is 5.97 Å². The molecule has 0 N–H and O–H groups in total. The first-order chi connectivity index (χ1) is 14.2. The maximum Gasteiger partial charge on any atom is 0.316 e. The summed E-state index contributed by atoms with van der Waals surface area (Å²) in [7, 11) is 0. The van der Waals surface area contributed by atoms with Crippen molar-refractivity contribution in [1.82, 2.24) is 4.98 Å². The molecule has 0 bridgehead atoms. The van der Waals surface area contributed by atoms with Crippen molar-refractivity contribution in [3.63, 3.8) is 0 Å². The smallest absolute Gasteiger partial charge is 0.316 e. The molecule has 0 unspecified atom stereocenters. The number of rotatable bonds is 7. The van der Waals surface area contributed by atoms with E-state index in [2.05, 4.69) is 4.98 Å². The zero-order chi connectivity index (χ0) is 20.1. The molecule has 148 valence electrons. The van der Waals surface area contributed by atoms with Crippen molar-refractivity contribution >= 4 is 5.97 Å². The largest absolute Gasteiger partial charge is 0.489 e. The van der Waals surface area contributed by atoms with Crippen LogP contribution < -0.4 is 4.74 Å². The monoisotopic (exact) mass is 391 g/mol. The lowest BCUT2D eigenvalue weighted by molar-refractivity contribution is -0.155. The van der Waals surface area contributed by atoms with Crippen LogP contribution in [0.4, 0.5) is 4.39 Å². The van der Waals surface area contributed by atoms with Gasteiger partial charge in [-0.05, 0) is 65.9 Å². The summed E-state index contributed by atoms with van der Waals surface area (Å²) < 4.78 is 25.0. The van der Waals surface area contributed by atoms with E-state index in [4.69, 9.17) is 9.47 Å². The van der Waals surface area contributed by atoms with Crippen LogP contribution in [0.15, 0.2) is 73.1 Å². The molecule has 1 aliphatic carbocycles. The molecule has 3 aromatic rings. The number of aromatic nitrogens is 1. The van der Waals surface area contributed by atoms with Crippen molar-refractivity contribution < 1.29 is 18.7 Å². The van der Waals surface area contributed by atoms with Gasteiger partial charge in [0.15, 0.2) is 0 Å². The van der Waals surface area contributed by atoms with Gasteiger partial charge < -0.3 is 9.47 Å². The minimum Gasteiger partial charge on any atom is -0.489 e. The van der Waals surface area contributed by atoms with Crippen molar-refractivity contribution in [2.24, 2.45) is 0 Å². The SMILES string of the molecule is O=C(OCc1ccc(OCc2ccncc2)cc1)C1(c2cccc(F)c2)CCC1. The molecule has 0 radical (unpaired) electrons. The van der Waals surface area contributed by atoms with Crippen LogP contribution in [0, 0.1) is 5.82 Å². The zero-order valence-electron chi connectivity index (χ0n) is 16.0. The van der Waals surface area contributed by atoms with Gasteiger partial charge in [-0.1, -0.05) is 30.7 Å². The number of benzene rings is 2. The van der Waals surface area contributed by atoms with E-state index in [1.54, 1.807) is 24.5 Å². The number of hydrogen-bond acceptors (Lipinski definition) is 4. The van der Waals surface area contributed by atoms with Crippen LogP contribution in [0.5, 0.6) is 5.75 Å². The highest BCUT2D eigenvalue weighted by Gasteiger charge is 2.47. The third-order valence-electron chi connectivity index (χ3n) is 5.42. The molecule has 29 heavy (non-hydrogen) atoms. The second-order valence-electron chi connectivity index (χ2n) is 7.31. The average molecular weight is 391 g/mol. The van der Waals surface area contributed by atoms with E-state index >= 15 is 0 Å². The lowest BCUT2D eigenvalue weighted by Crippen LogP contribution is -2.43. The fraction of sp³-hybridized carbons (Fsp3) is 0.250. The Hall–Kier alpha value is -3.21. The molecule has 1 fully saturated rings. The Labute approximate surface area is 169 Å². The summed E-state index contributed by atoms with van der Waals surface area (Å²) in [6.07, 6.45) is 5.78. The Balaban J connectivity index is 1.34. The Kier molecular flexibility index (Phi) is 5.56. The Bertz CT molecular complexity index is 969. The summed E-state index contributed by atoms with van der Waals surface area (Å²) in [6, 6.07) is 17.6. The van der Waals surface area contributed by atoms with E-state index in [0.29, 0.717) is 25.0 Å². The van der Waals surface area contributed by atoms with Gasteiger partial charge in [-0.2, -0.15) is 0 Å². The molecule has 0 aliphatic heterocycles. The van der Waals surface area contributed by atoms with E-state index in [9.17, 15) is 9.18 Å². The average Bonchev–Trinajstić information content (AvgIpc) is 2.71. The van der Waals surface area contributed by atoms with Gasteiger partial charge in [0, 0.05) is 12.4 Å². The molecule has 4 nitrogen and oxygen atoms in total. The van der Waals surface area contributed by atoms with Gasteiger partial charge in [-0.25, -0.2) is 4.39 Å². The number of carbonyl (C=O) groups excluding carboxylic acids is 1.